The van der Waals surface area contributed by atoms with Crippen molar-refractivity contribution in [3.05, 3.63) is 97.9 Å². The van der Waals surface area contributed by atoms with Gasteiger partial charge in [-0.05, 0) is 79.9 Å². The Morgan fingerprint density at radius 2 is 1.77 bits per heavy atom. The SMILES string of the molecule is CCOc1ccc(C2c3c(oc4ccc(Cl)cc4c3=O)C(=O)N2c2ccc(C)c(C)c2)cc1OC. The molecule has 1 aromatic heterocycles. The molecule has 1 amide bonds. The number of benzene rings is 3. The van der Waals surface area contributed by atoms with Gasteiger partial charge in [0.15, 0.2) is 16.9 Å². The van der Waals surface area contributed by atoms with E-state index < -0.39 is 6.04 Å². The minimum atomic E-state index is -0.719. The second kappa shape index (κ2) is 8.78. The van der Waals surface area contributed by atoms with Crippen LogP contribution in [0.4, 0.5) is 5.69 Å². The van der Waals surface area contributed by atoms with Crippen molar-refractivity contribution < 1.29 is 18.7 Å². The maximum Gasteiger partial charge on any atom is 0.295 e. The van der Waals surface area contributed by atoms with Gasteiger partial charge in [-0.2, -0.15) is 0 Å². The van der Waals surface area contributed by atoms with Crippen LogP contribution in [-0.2, 0) is 0 Å². The summed E-state index contributed by atoms with van der Waals surface area (Å²) in [5.41, 5.74) is 3.80. The largest absolute Gasteiger partial charge is 0.493 e. The van der Waals surface area contributed by atoms with Gasteiger partial charge in [-0.3, -0.25) is 14.5 Å². The molecule has 0 saturated heterocycles. The van der Waals surface area contributed by atoms with Crippen LogP contribution in [0.2, 0.25) is 5.02 Å². The number of carbonyl (C=O) groups is 1. The molecule has 6 nitrogen and oxygen atoms in total. The molecule has 3 aromatic carbocycles. The summed E-state index contributed by atoms with van der Waals surface area (Å²) in [5, 5.41) is 0.744. The Kier molecular flexibility index (Phi) is 5.77. The predicted octanol–water partition coefficient (Wildman–Crippen LogP) is 6.22. The van der Waals surface area contributed by atoms with E-state index in [1.807, 2.05) is 45.0 Å². The highest BCUT2D eigenvalue weighted by Crippen LogP contribution is 2.43. The summed E-state index contributed by atoms with van der Waals surface area (Å²) in [7, 11) is 1.56. The van der Waals surface area contributed by atoms with Crippen LogP contribution in [0.3, 0.4) is 0 Å². The van der Waals surface area contributed by atoms with Crippen LogP contribution in [0.25, 0.3) is 11.0 Å². The molecule has 0 fully saturated rings. The van der Waals surface area contributed by atoms with E-state index in [4.69, 9.17) is 25.5 Å². The Morgan fingerprint density at radius 3 is 2.49 bits per heavy atom. The van der Waals surface area contributed by atoms with Crippen molar-refractivity contribution in [3.8, 4) is 11.5 Å². The number of carbonyl (C=O) groups excluding carboxylic acids is 1. The highest BCUT2D eigenvalue weighted by atomic mass is 35.5. The van der Waals surface area contributed by atoms with Crippen LogP contribution in [-0.4, -0.2) is 19.6 Å². The van der Waals surface area contributed by atoms with Crippen molar-refractivity contribution in [2.45, 2.75) is 26.8 Å². The van der Waals surface area contributed by atoms with E-state index in [9.17, 15) is 9.59 Å². The Hall–Kier alpha value is -3.77. The molecule has 0 spiro atoms. The number of hydrogen-bond acceptors (Lipinski definition) is 5. The zero-order chi connectivity index (χ0) is 24.9. The van der Waals surface area contributed by atoms with Crippen molar-refractivity contribution in [2.24, 2.45) is 0 Å². The van der Waals surface area contributed by atoms with Crippen molar-refractivity contribution in [1.82, 2.24) is 0 Å². The fraction of sp³-hybridized carbons (Fsp3) is 0.214. The normalized spacial score (nSPS) is 14.9. The number of anilines is 1. The van der Waals surface area contributed by atoms with Gasteiger partial charge in [0.05, 0.1) is 30.7 Å². The smallest absolute Gasteiger partial charge is 0.295 e. The van der Waals surface area contributed by atoms with Crippen LogP contribution in [0, 0.1) is 13.8 Å². The van der Waals surface area contributed by atoms with Gasteiger partial charge in [0.25, 0.3) is 5.91 Å². The highest BCUT2D eigenvalue weighted by Gasteiger charge is 2.44. The maximum atomic E-state index is 13.8. The number of hydrogen-bond donors (Lipinski definition) is 0. The van der Waals surface area contributed by atoms with Crippen LogP contribution < -0.4 is 19.8 Å². The van der Waals surface area contributed by atoms with Crippen molar-refractivity contribution in [1.29, 1.82) is 0 Å². The summed E-state index contributed by atoms with van der Waals surface area (Å²) in [6.45, 7) is 6.37. The molecule has 2 heterocycles. The van der Waals surface area contributed by atoms with E-state index in [1.165, 1.54) is 0 Å². The van der Waals surface area contributed by atoms with Crippen LogP contribution in [0.5, 0.6) is 11.5 Å². The third-order valence-electron chi connectivity index (χ3n) is 6.40. The molecule has 0 aliphatic carbocycles. The first-order valence-corrected chi connectivity index (χ1v) is 11.7. The molecule has 0 radical (unpaired) electrons. The first kappa shape index (κ1) is 23.0. The molecule has 4 aromatic rings. The number of methoxy groups -OCH3 is 1. The average molecular weight is 490 g/mol. The molecule has 5 rings (SSSR count). The molecule has 35 heavy (non-hydrogen) atoms. The molecule has 7 heteroatoms. The molecule has 0 saturated carbocycles. The van der Waals surface area contributed by atoms with Crippen LogP contribution in [0.1, 0.15) is 45.8 Å². The zero-order valence-electron chi connectivity index (χ0n) is 19.8. The Morgan fingerprint density at radius 1 is 0.971 bits per heavy atom. The average Bonchev–Trinajstić information content (AvgIpc) is 3.14. The number of halogens is 1. The van der Waals surface area contributed by atoms with Gasteiger partial charge in [0.1, 0.15) is 5.58 Å². The summed E-state index contributed by atoms with van der Waals surface area (Å²) in [6, 6.07) is 15.3. The lowest BCUT2D eigenvalue weighted by molar-refractivity contribution is 0.0971. The zero-order valence-corrected chi connectivity index (χ0v) is 20.6. The third-order valence-corrected chi connectivity index (χ3v) is 6.64. The monoisotopic (exact) mass is 489 g/mol. The number of aryl methyl sites for hydroxylation is 2. The Balaban J connectivity index is 1.79. The van der Waals surface area contributed by atoms with Crippen molar-refractivity contribution in [3.63, 3.8) is 0 Å². The minimum Gasteiger partial charge on any atom is -0.493 e. The third kappa shape index (κ3) is 3.74. The van der Waals surface area contributed by atoms with Gasteiger partial charge < -0.3 is 13.9 Å². The lowest BCUT2D eigenvalue weighted by atomic mass is 9.97. The number of fused-ring (bicyclic) bond motifs is 2. The van der Waals surface area contributed by atoms with E-state index in [2.05, 4.69) is 0 Å². The highest BCUT2D eigenvalue weighted by molar-refractivity contribution is 6.31. The number of ether oxygens (including phenoxy) is 2. The van der Waals surface area contributed by atoms with E-state index in [0.717, 1.165) is 11.1 Å². The van der Waals surface area contributed by atoms with Crippen LogP contribution in [0.15, 0.2) is 63.8 Å². The lowest BCUT2D eigenvalue weighted by Gasteiger charge is -2.26. The van der Waals surface area contributed by atoms with Gasteiger partial charge in [-0.25, -0.2) is 0 Å². The van der Waals surface area contributed by atoms with Crippen LogP contribution >= 0.6 is 11.6 Å². The molecule has 1 aliphatic rings. The standard InChI is InChI=1S/C28H24ClNO5/c1-5-34-22-10-7-17(13-23(22)33-4)25-24-26(31)20-14-18(29)8-11-21(20)35-27(24)28(32)30(25)19-9-6-15(2)16(3)12-19/h6-14,25H,5H2,1-4H3. The fourth-order valence-corrected chi connectivity index (χ4v) is 4.70. The number of amides is 1. The second-order valence-electron chi connectivity index (χ2n) is 8.50. The van der Waals surface area contributed by atoms with E-state index in [0.29, 0.717) is 45.3 Å². The van der Waals surface area contributed by atoms with E-state index in [-0.39, 0.29) is 22.7 Å². The summed E-state index contributed by atoms with van der Waals surface area (Å²) in [6.07, 6.45) is 0. The van der Waals surface area contributed by atoms with E-state index in [1.54, 1.807) is 42.3 Å². The first-order chi connectivity index (χ1) is 16.8. The summed E-state index contributed by atoms with van der Waals surface area (Å²) >= 11 is 6.18. The molecular weight excluding hydrogens is 466 g/mol. The summed E-state index contributed by atoms with van der Waals surface area (Å²) in [5.74, 6) is 0.743. The van der Waals surface area contributed by atoms with Gasteiger partial charge in [-0.15, -0.1) is 0 Å². The van der Waals surface area contributed by atoms with Crippen molar-refractivity contribution >= 4 is 34.2 Å². The molecule has 1 atom stereocenters. The molecule has 1 aliphatic heterocycles. The first-order valence-electron chi connectivity index (χ1n) is 11.3. The van der Waals surface area contributed by atoms with Gasteiger partial charge in [0, 0.05) is 10.7 Å². The topological polar surface area (TPSA) is 69.0 Å². The molecule has 0 bridgehead atoms. The fourth-order valence-electron chi connectivity index (χ4n) is 4.53. The Bertz CT molecular complexity index is 1540. The summed E-state index contributed by atoms with van der Waals surface area (Å²) < 4.78 is 17.3. The second-order valence-corrected chi connectivity index (χ2v) is 8.94. The Labute approximate surface area is 207 Å². The predicted molar refractivity (Wildman–Crippen MR) is 136 cm³/mol. The molecular formula is C28H24ClNO5. The molecule has 1 unspecified atom stereocenters. The minimum absolute atomic E-state index is 0.0286. The van der Waals surface area contributed by atoms with Gasteiger partial charge >= 0.3 is 0 Å². The lowest BCUT2D eigenvalue weighted by Crippen LogP contribution is -2.29. The quantitative estimate of drug-likeness (QED) is 0.333. The van der Waals surface area contributed by atoms with Crippen molar-refractivity contribution in [2.75, 3.05) is 18.6 Å². The number of nitrogens with zero attached hydrogens (tertiary/aromatic N) is 1. The molecule has 0 N–H and O–H groups in total. The molecule has 178 valence electrons. The van der Waals surface area contributed by atoms with Gasteiger partial charge in [-0.1, -0.05) is 23.7 Å². The van der Waals surface area contributed by atoms with E-state index >= 15 is 0 Å². The van der Waals surface area contributed by atoms with Gasteiger partial charge in [0.2, 0.25) is 5.76 Å². The maximum absolute atomic E-state index is 13.8. The summed E-state index contributed by atoms with van der Waals surface area (Å²) in [4.78, 5) is 29.2. The number of rotatable bonds is 5.